The molecule has 0 aromatic carbocycles. The quantitative estimate of drug-likeness (QED) is 0.791. The number of halogens is 4. The van der Waals surface area contributed by atoms with E-state index in [1.807, 2.05) is 0 Å². The zero-order valence-corrected chi connectivity index (χ0v) is 13.4. The highest BCUT2D eigenvalue weighted by atomic mass is 19.3. The normalized spacial score (nSPS) is 27.2. The number of hydrogen-bond donors (Lipinski definition) is 2. The lowest BCUT2D eigenvalue weighted by molar-refractivity contribution is -0.0529. The van der Waals surface area contributed by atoms with Gasteiger partial charge in [-0.2, -0.15) is 8.78 Å². The Kier molecular flexibility index (Phi) is 5.01. The molecule has 1 heterocycles. The number of amides is 2. The first-order valence-electron chi connectivity index (χ1n) is 8.13. The van der Waals surface area contributed by atoms with Crippen molar-refractivity contribution in [2.24, 2.45) is 11.8 Å². The minimum atomic E-state index is -2.96. The molecule has 2 saturated carbocycles. The van der Waals surface area contributed by atoms with Gasteiger partial charge < -0.3 is 15.4 Å². The van der Waals surface area contributed by atoms with Crippen LogP contribution >= 0.6 is 0 Å². The Balaban J connectivity index is 1.43. The van der Waals surface area contributed by atoms with Gasteiger partial charge in [0.2, 0.25) is 11.8 Å². The van der Waals surface area contributed by atoms with Crippen molar-refractivity contribution in [1.82, 2.24) is 15.6 Å². The topological polar surface area (TPSA) is 63.2 Å². The number of hydrogen-bond acceptors (Lipinski definition) is 3. The van der Waals surface area contributed by atoms with E-state index >= 15 is 0 Å². The van der Waals surface area contributed by atoms with E-state index in [0.29, 0.717) is 18.4 Å². The number of carbonyl (C=O) groups is 1. The summed E-state index contributed by atoms with van der Waals surface area (Å²) in [5.74, 6) is -2.86. The van der Waals surface area contributed by atoms with E-state index in [-0.39, 0.29) is 43.1 Å². The molecule has 2 amide bonds. The van der Waals surface area contributed by atoms with E-state index in [1.165, 1.54) is 12.3 Å². The zero-order chi connectivity index (χ0) is 18.0. The van der Waals surface area contributed by atoms with E-state index in [9.17, 15) is 22.4 Å². The number of alkyl halides is 4. The van der Waals surface area contributed by atoms with Gasteiger partial charge >= 0.3 is 12.6 Å². The minimum Gasteiger partial charge on any atom is -0.417 e. The highest BCUT2D eigenvalue weighted by Gasteiger charge is 2.50. The van der Waals surface area contributed by atoms with Crippen LogP contribution in [0.3, 0.4) is 0 Å². The maximum Gasteiger partial charge on any atom is 0.388 e. The fraction of sp³-hybridized carbons (Fsp3) is 0.625. The second-order valence-corrected chi connectivity index (χ2v) is 6.66. The van der Waals surface area contributed by atoms with Gasteiger partial charge in [0, 0.05) is 37.7 Å². The van der Waals surface area contributed by atoms with E-state index in [1.54, 1.807) is 6.07 Å². The number of urea groups is 1. The van der Waals surface area contributed by atoms with Crippen molar-refractivity contribution in [3.8, 4) is 5.88 Å². The lowest BCUT2D eigenvalue weighted by Gasteiger charge is -2.16. The Morgan fingerprint density at radius 2 is 2.00 bits per heavy atom. The van der Waals surface area contributed by atoms with Crippen molar-refractivity contribution in [3.63, 3.8) is 0 Å². The summed E-state index contributed by atoms with van der Waals surface area (Å²) in [5, 5.41) is 5.41. The van der Waals surface area contributed by atoms with Crippen molar-refractivity contribution in [2.45, 2.75) is 50.8 Å². The smallest absolute Gasteiger partial charge is 0.388 e. The Morgan fingerprint density at radius 3 is 2.64 bits per heavy atom. The maximum absolute atomic E-state index is 13.3. The number of rotatable bonds is 5. The zero-order valence-electron chi connectivity index (χ0n) is 13.4. The van der Waals surface area contributed by atoms with Gasteiger partial charge in [-0.15, -0.1) is 0 Å². The molecule has 2 aliphatic rings. The number of fused-ring (bicyclic) bond motifs is 1. The summed E-state index contributed by atoms with van der Waals surface area (Å²) in [7, 11) is 0. The Labute approximate surface area is 142 Å². The molecule has 0 aliphatic heterocycles. The SMILES string of the molecule is O=C(NCc1ccnc(OC(F)F)c1)N[C@H]1C[C@@H]2CC(F)(F)C[C@@H]2C1. The lowest BCUT2D eigenvalue weighted by atomic mass is 10.0. The molecule has 3 atom stereocenters. The summed E-state index contributed by atoms with van der Waals surface area (Å²) in [4.78, 5) is 15.6. The fourth-order valence-corrected chi connectivity index (χ4v) is 3.82. The lowest BCUT2D eigenvalue weighted by Crippen LogP contribution is -2.41. The average Bonchev–Trinajstić information content (AvgIpc) is 2.97. The fourth-order valence-electron chi connectivity index (χ4n) is 3.82. The number of nitrogens with zero attached hydrogens (tertiary/aromatic N) is 1. The number of nitrogens with one attached hydrogen (secondary N) is 2. The van der Waals surface area contributed by atoms with Gasteiger partial charge in [-0.3, -0.25) is 0 Å². The van der Waals surface area contributed by atoms with Crippen molar-refractivity contribution in [2.75, 3.05) is 0 Å². The number of carbonyl (C=O) groups excluding carboxylic acids is 1. The van der Waals surface area contributed by atoms with Crippen LogP contribution in [-0.2, 0) is 6.54 Å². The standard InChI is InChI=1S/C16H19F4N3O2/c17-14(18)25-13-3-9(1-2-21-13)8-22-15(24)23-12-4-10-6-16(19,20)7-11(10)5-12/h1-3,10-12,14H,4-8H2,(H2,22,23,24)/t10-,11+,12+. The molecular weight excluding hydrogens is 342 g/mol. The molecule has 3 rings (SSSR count). The molecule has 0 saturated heterocycles. The number of ether oxygens (including phenoxy) is 1. The van der Waals surface area contributed by atoms with Crippen LogP contribution in [0.5, 0.6) is 5.88 Å². The summed E-state index contributed by atoms with van der Waals surface area (Å²) in [6.45, 7) is -2.85. The van der Waals surface area contributed by atoms with Gasteiger partial charge in [0.05, 0.1) is 0 Å². The summed E-state index contributed by atoms with van der Waals surface area (Å²) in [6.07, 6.45) is 2.25. The molecule has 0 radical (unpaired) electrons. The molecule has 25 heavy (non-hydrogen) atoms. The first-order valence-corrected chi connectivity index (χ1v) is 8.13. The monoisotopic (exact) mass is 361 g/mol. The first kappa shape index (κ1) is 17.8. The van der Waals surface area contributed by atoms with Crippen molar-refractivity contribution < 1.29 is 27.1 Å². The molecule has 0 bridgehead atoms. The molecule has 9 heteroatoms. The maximum atomic E-state index is 13.3. The van der Waals surface area contributed by atoms with Crippen LogP contribution in [0.2, 0.25) is 0 Å². The van der Waals surface area contributed by atoms with Gasteiger partial charge in [-0.25, -0.2) is 18.6 Å². The third kappa shape index (κ3) is 4.73. The summed E-state index contributed by atoms with van der Waals surface area (Å²) in [5.41, 5.74) is 0.559. The van der Waals surface area contributed by atoms with E-state index < -0.39 is 18.6 Å². The van der Waals surface area contributed by atoms with Crippen molar-refractivity contribution >= 4 is 6.03 Å². The molecule has 2 fully saturated rings. The second-order valence-electron chi connectivity index (χ2n) is 6.66. The molecule has 1 aromatic rings. The van der Waals surface area contributed by atoms with Crippen LogP contribution in [-0.4, -0.2) is 29.6 Å². The Morgan fingerprint density at radius 1 is 1.32 bits per heavy atom. The van der Waals surface area contributed by atoms with E-state index in [4.69, 9.17) is 0 Å². The van der Waals surface area contributed by atoms with Gasteiger partial charge in [-0.1, -0.05) is 0 Å². The van der Waals surface area contributed by atoms with Crippen LogP contribution in [0.4, 0.5) is 22.4 Å². The molecule has 2 N–H and O–H groups in total. The predicted molar refractivity (Wildman–Crippen MR) is 80.4 cm³/mol. The molecule has 0 spiro atoms. The Hall–Kier alpha value is -2.06. The van der Waals surface area contributed by atoms with Crippen LogP contribution in [0.25, 0.3) is 0 Å². The van der Waals surface area contributed by atoms with Crippen LogP contribution in [0.1, 0.15) is 31.2 Å². The molecule has 5 nitrogen and oxygen atoms in total. The third-order valence-corrected chi connectivity index (χ3v) is 4.76. The van der Waals surface area contributed by atoms with Crippen molar-refractivity contribution in [3.05, 3.63) is 23.9 Å². The van der Waals surface area contributed by atoms with E-state index in [2.05, 4.69) is 20.4 Å². The second kappa shape index (κ2) is 7.05. The Bertz CT molecular complexity index is 613. The summed E-state index contributed by atoms with van der Waals surface area (Å²) >= 11 is 0. The average molecular weight is 361 g/mol. The first-order chi connectivity index (χ1) is 11.8. The largest absolute Gasteiger partial charge is 0.417 e. The highest BCUT2D eigenvalue weighted by Crippen LogP contribution is 2.50. The molecular formula is C16H19F4N3O2. The predicted octanol–water partition coefficient (Wildman–Crippen LogP) is 3.31. The number of aromatic nitrogens is 1. The third-order valence-electron chi connectivity index (χ3n) is 4.76. The molecule has 1 aromatic heterocycles. The van der Waals surface area contributed by atoms with Crippen LogP contribution in [0.15, 0.2) is 18.3 Å². The van der Waals surface area contributed by atoms with Crippen molar-refractivity contribution in [1.29, 1.82) is 0 Å². The molecule has 2 aliphatic carbocycles. The van der Waals surface area contributed by atoms with Crippen LogP contribution in [0, 0.1) is 11.8 Å². The molecule has 0 unspecified atom stereocenters. The highest BCUT2D eigenvalue weighted by molar-refractivity contribution is 5.74. The van der Waals surface area contributed by atoms with Gasteiger partial charge in [0.1, 0.15) is 0 Å². The van der Waals surface area contributed by atoms with Crippen LogP contribution < -0.4 is 15.4 Å². The summed E-state index contributed by atoms with van der Waals surface area (Å²) in [6, 6.07) is 2.36. The number of pyridine rings is 1. The molecule has 138 valence electrons. The minimum absolute atomic E-state index is 0.0328. The van der Waals surface area contributed by atoms with E-state index in [0.717, 1.165) is 0 Å². The van der Waals surface area contributed by atoms with Gasteiger partial charge in [-0.05, 0) is 36.3 Å². The van der Waals surface area contributed by atoms with Gasteiger partial charge in [0.25, 0.3) is 0 Å². The summed E-state index contributed by atoms with van der Waals surface area (Å²) < 4.78 is 55.1. The van der Waals surface area contributed by atoms with Gasteiger partial charge in [0.15, 0.2) is 0 Å².